The van der Waals surface area contributed by atoms with Gasteiger partial charge in [0.25, 0.3) is 0 Å². The highest BCUT2D eigenvalue weighted by atomic mass is 32.2. The van der Waals surface area contributed by atoms with Gasteiger partial charge in [0.1, 0.15) is 0 Å². The molecule has 4 nitrogen and oxygen atoms in total. The number of thioether (sulfide) groups is 1. The van der Waals surface area contributed by atoms with Crippen molar-refractivity contribution in [2.45, 2.75) is 27.2 Å². The van der Waals surface area contributed by atoms with Crippen LogP contribution < -0.4 is 5.32 Å². The first-order valence-corrected chi connectivity index (χ1v) is 7.34. The van der Waals surface area contributed by atoms with Crippen LogP contribution in [0.3, 0.4) is 0 Å². The van der Waals surface area contributed by atoms with Gasteiger partial charge in [0.05, 0.1) is 0 Å². The second-order valence-electron chi connectivity index (χ2n) is 4.30. The molecule has 0 saturated carbocycles. The van der Waals surface area contributed by atoms with E-state index >= 15 is 0 Å². The van der Waals surface area contributed by atoms with Crippen molar-refractivity contribution in [3.8, 4) is 0 Å². The molecule has 17 heavy (non-hydrogen) atoms. The highest BCUT2D eigenvalue weighted by Gasteiger charge is 2.13. The molecule has 98 valence electrons. The van der Waals surface area contributed by atoms with Crippen molar-refractivity contribution in [1.82, 2.24) is 10.2 Å². The van der Waals surface area contributed by atoms with E-state index in [-0.39, 0.29) is 5.91 Å². The molecule has 1 atom stereocenters. The van der Waals surface area contributed by atoms with Crippen molar-refractivity contribution in [3.63, 3.8) is 0 Å². The topological polar surface area (TPSA) is 44.7 Å². The van der Waals surface area contributed by atoms with Crippen LogP contribution in [0, 0.1) is 5.92 Å². The maximum atomic E-state index is 11.7. The molecule has 0 radical (unpaired) electrons. The van der Waals surface area contributed by atoms with Crippen LogP contribution in [-0.4, -0.2) is 47.9 Å². The average molecular weight is 257 g/mol. The van der Waals surface area contributed by atoms with E-state index in [4.69, 9.17) is 0 Å². The lowest BCUT2D eigenvalue weighted by molar-refractivity contribution is -0.130. The number of nitrogens with zero attached hydrogens (tertiary/aromatic N) is 2. The molecule has 1 aliphatic heterocycles. The van der Waals surface area contributed by atoms with Crippen LogP contribution in [0.25, 0.3) is 0 Å². The maximum absolute atomic E-state index is 11.7. The fraction of sp³-hybridized carbons (Fsp3) is 0.833. The van der Waals surface area contributed by atoms with Crippen LogP contribution in [0.1, 0.15) is 27.2 Å². The minimum absolute atomic E-state index is 0.220. The summed E-state index contributed by atoms with van der Waals surface area (Å²) in [4.78, 5) is 18.0. The van der Waals surface area contributed by atoms with Crippen LogP contribution in [0.4, 0.5) is 0 Å². The zero-order chi connectivity index (χ0) is 12.7. The van der Waals surface area contributed by atoms with Gasteiger partial charge in [0.15, 0.2) is 5.17 Å². The van der Waals surface area contributed by atoms with E-state index in [1.807, 2.05) is 18.7 Å². The average Bonchev–Trinajstić information content (AvgIpc) is 2.33. The minimum Gasteiger partial charge on any atom is -0.364 e. The van der Waals surface area contributed by atoms with E-state index in [1.165, 1.54) is 0 Å². The number of rotatable bonds is 5. The van der Waals surface area contributed by atoms with Crippen LogP contribution in [0.2, 0.25) is 0 Å². The summed E-state index contributed by atoms with van der Waals surface area (Å²) in [5, 5.41) is 4.24. The first kappa shape index (κ1) is 14.4. The lowest BCUT2D eigenvalue weighted by Crippen LogP contribution is -2.34. The summed E-state index contributed by atoms with van der Waals surface area (Å²) in [6, 6.07) is 0. The molecule has 0 bridgehead atoms. The first-order chi connectivity index (χ1) is 8.17. The lowest BCUT2D eigenvalue weighted by atomic mass is 10.2. The molecule has 5 heteroatoms. The van der Waals surface area contributed by atoms with Gasteiger partial charge in [-0.1, -0.05) is 18.7 Å². The molecule has 1 N–H and O–H groups in total. The van der Waals surface area contributed by atoms with E-state index in [9.17, 15) is 4.79 Å². The summed E-state index contributed by atoms with van der Waals surface area (Å²) in [6.07, 6.45) is 0.552. The fourth-order valence-electron chi connectivity index (χ4n) is 1.68. The van der Waals surface area contributed by atoms with Crippen LogP contribution in [0.5, 0.6) is 0 Å². The Kier molecular flexibility index (Phi) is 6.40. The highest BCUT2D eigenvalue weighted by molar-refractivity contribution is 8.13. The smallest absolute Gasteiger partial charge is 0.224 e. The van der Waals surface area contributed by atoms with Crippen LogP contribution in [0.15, 0.2) is 4.99 Å². The monoisotopic (exact) mass is 257 g/mol. The number of carbonyl (C=O) groups is 1. The second-order valence-corrected chi connectivity index (χ2v) is 5.31. The molecule has 0 saturated heterocycles. The summed E-state index contributed by atoms with van der Waals surface area (Å²) >= 11 is 1.76. The number of aliphatic imine (C=N–C) groups is 1. The number of hydrogen-bond donors (Lipinski definition) is 1. The highest BCUT2D eigenvalue weighted by Crippen LogP contribution is 2.15. The zero-order valence-electron chi connectivity index (χ0n) is 11.0. The molecule has 0 aliphatic carbocycles. The van der Waals surface area contributed by atoms with Crippen LogP contribution in [-0.2, 0) is 4.79 Å². The standard InChI is InChI=1S/C12H23N3OS/c1-4-15(5-2)11(16)6-7-13-12-14-8-10(3)9-17-12/h10H,4-9H2,1-3H3,(H,13,14). The van der Waals surface area contributed by atoms with E-state index < -0.39 is 0 Å². The quantitative estimate of drug-likeness (QED) is 0.813. The molecular weight excluding hydrogens is 234 g/mol. The largest absolute Gasteiger partial charge is 0.364 e. The summed E-state index contributed by atoms with van der Waals surface area (Å²) in [5.74, 6) is 2.01. The van der Waals surface area contributed by atoms with Crippen molar-refractivity contribution < 1.29 is 4.79 Å². The molecule has 1 heterocycles. The van der Waals surface area contributed by atoms with E-state index in [1.54, 1.807) is 11.8 Å². The summed E-state index contributed by atoms with van der Waals surface area (Å²) in [6.45, 7) is 9.41. The summed E-state index contributed by atoms with van der Waals surface area (Å²) in [5.41, 5.74) is 0. The predicted octanol–water partition coefficient (Wildman–Crippen LogP) is 1.57. The summed E-state index contributed by atoms with van der Waals surface area (Å²) in [7, 11) is 0. The number of amides is 1. The number of nitrogens with one attached hydrogen (secondary N) is 1. The fourth-order valence-corrected chi connectivity index (χ4v) is 2.59. The van der Waals surface area contributed by atoms with Gasteiger partial charge in [-0.15, -0.1) is 0 Å². The van der Waals surface area contributed by atoms with Gasteiger partial charge in [-0.3, -0.25) is 9.79 Å². The minimum atomic E-state index is 0.220. The third-order valence-electron chi connectivity index (χ3n) is 2.78. The molecule has 0 spiro atoms. The zero-order valence-corrected chi connectivity index (χ0v) is 11.8. The van der Waals surface area contributed by atoms with Gasteiger partial charge in [-0.25, -0.2) is 0 Å². The second kappa shape index (κ2) is 7.58. The third-order valence-corrected chi connectivity index (χ3v) is 4.06. The first-order valence-electron chi connectivity index (χ1n) is 6.36. The van der Waals surface area contributed by atoms with Gasteiger partial charge >= 0.3 is 0 Å². The molecule has 0 aromatic rings. The Bertz CT molecular complexity index is 277. The third kappa shape index (κ3) is 4.98. The molecule has 1 aliphatic rings. The van der Waals surface area contributed by atoms with Gasteiger partial charge in [-0.05, 0) is 19.8 Å². The lowest BCUT2D eigenvalue weighted by Gasteiger charge is -2.20. The predicted molar refractivity (Wildman–Crippen MR) is 74.5 cm³/mol. The van der Waals surface area contributed by atoms with Gasteiger partial charge in [0.2, 0.25) is 5.91 Å². The molecule has 1 amide bonds. The van der Waals surface area contributed by atoms with Crippen LogP contribution >= 0.6 is 11.8 Å². The van der Waals surface area contributed by atoms with Gasteiger partial charge in [-0.2, -0.15) is 0 Å². The summed E-state index contributed by atoms with van der Waals surface area (Å²) < 4.78 is 0. The SMILES string of the molecule is CCN(CC)C(=O)CCNC1=NCC(C)CS1. The van der Waals surface area contributed by atoms with Crippen molar-refractivity contribution in [3.05, 3.63) is 0 Å². The van der Waals surface area contributed by atoms with Crippen molar-refractivity contribution in [2.24, 2.45) is 10.9 Å². The number of hydrogen-bond acceptors (Lipinski definition) is 4. The van der Waals surface area contributed by atoms with Crippen molar-refractivity contribution in [2.75, 3.05) is 31.9 Å². The molecule has 0 aromatic carbocycles. The Morgan fingerprint density at radius 1 is 1.53 bits per heavy atom. The molecule has 1 rings (SSSR count). The normalized spacial score (nSPS) is 19.7. The van der Waals surface area contributed by atoms with E-state index in [2.05, 4.69) is 17.2 Å². The Balaban J connectivity index is 2.21. The molecule has 0 fully saturated rings. The maximum Gasteiger partial charge on any atom is 0.224 e. The van der Waals surface area contributed by atoms with Gasteiger partial charge in [0, 0.05) is 38.4 Å². The van der Waals surface area contributed by atoms with Gasteiger partial charge < -0.3 is 10.2 Å². The molecule has 1 unspecified atom stereocenters. The molecule has 0 aromatic heterocycles. The number of carbonyl (C=O) groups excluding carboxylic acids is 1. The van der Waals surface area contributed by atoms with Crippen molar-refractivity contribution >= 4 is 22.8 Å². The Hall–Kier alpha value is -0.710. The Morgan fingerprint density at radius 2 is 2.24 bits per heavy atom. The van der Waals surface area contributed by atoms with Crippen molar-refractivity contribution in [1.29, 1.82) is 0 Å². The Morgan fingerprint density at radius 3 is 2.76 bits per heavy atom. The van der Waals surface area contributed by atoms with E-state index in [0.717, 1.165) is 30.6 Å². The number of amidine groups is 1. The van der Waals surface area contributed by atoms with E-state index in [0.29, 0.717) is 18.9 Å². The Labute approximate surface area is 108 Å². The molecular formula is C12H23N3OS.